The summed E-state index contributed by atoms with van der Waals surface area (Å²) in [5.74, 6) is 0.491. The van der Waals surface area contributed by atoms with Gasteiger partial charge >= 0.3 is 0 Å². The van der Waals surface area contributed by atoms with Gasteiger partial charge in [0.2, 0.25) is 0 Å². The molecule has 0 aliphatic heterocycles. The van der Waals surface area contributed by atoms with E-state index < -0.39 is 0 Å². The smallest absolute Gasteiger partial charge is 0.0540 e. The Bertz CT molecular complexity index is 7470. The fourth-order valence-electron chi connectivity index (χ4n) is 20.2. The Morgan fingerprint density at radius 2 is 0.524 bits per heavy atom. The van der Waals surface area contributed by atoms with Crippen molar-refractivity contribution in [2.75, 3.05) is 19.6 Å². The van der Waals surface area contributed by atoms with Crippen LogP contribution in [0.3, 0.4) is 0 Å². The Labute approximate surface area is 744 Å². The van der Waals surface area contributed by atoms with Gasteiger partial charge in [0.25, 0.3) is 0 Å². The highest BCUT2D eigenvalue weighted by molar-refractivity contribution is 6.30. The zero-order valence-corrected chi connectivity index (χ0v) is 75.0. The van der Waals surface area contributed by atoms with Crippen LogP contribution in [-0.4, -0.2) is 0 Å². The van der Waals surface area contributed by atoms with Crippen LogP contribution in [0, 0.1) is 20.8 Å². The highest BCUT2D eigenvalue weighted by atomic mass is 15.2. The largest absolute Gasteiger partial charge is 0.310 e. The monoisotopic (exact) mass is 1630 g/mol. The van der Waals surface area contributed by atoms with Crippen molar-refractivity contribution in [1.82, 2.24) is 0 Å². The van der Waals surface area contributed by atoms with Crippen molar-refractivity contribution < 1.29 is 0 Å². The number of anilines is 11. The Kier molecular flexibility index (Phi) is 20.6. The van der Waals surface area contributed by atoms with Crippen LogP contribution in [0.5, 0.6) is 0 Å². The molecule has 0 fully saturated rings. The van der Waals surface area contributed by atoms with Gasteiger partial charge < -0.3 is 19.6 Å². The summed E-state index contributed by atoms with van der Waals surface area (Å²) in [6.07, 6.45) is 6.79. The van der Waals surface area contributed by atoms with Crippen molar-refractivity contribution in [3.05, 3.63) is 414 Å². The van der Waals surface area contributed by atoms with Gasteiger partial charge in [-0.05, 0) is 285 Å². The summed E-state index contributed by atoms with van der Waals surface area (Å²) in [5.41, 5.74) is 35.6. The highest BCUT2D eigenvalue weighted by Gasteiger charge is 2.33. The number of nitrogens with zero attached hydrogens (tertiary/aromatic N) is 4. The summed E-state index contributed by atoms with van der Waals surface area (Å²) in [4.78, 5) is 10.3. The maximum atomic E-state index is 2.61. The Hall–Kier alpha value is -14.1. The first kappa shape index (κ1) is 80.4. The maximum absolute atomic E-state index is 2.61. The third-order valence-corrected chi connectivity index (χ3v) is 26.8. The van der Waals surface area contributed by atoms with Crippen molar-refractivity contribution in [2.45, 2.75) is 132 Å². The number of rotatable bonds is 19. The van der Waals surface area contributed by atoms with E-state index >= 15 is 0 Å². The molecule has 0 atom stereocenters. The summed E-state index contributed by atoms with van der Waals surface area (Å²) < 4.78 is 0. The molecular weight excluding hydrogens is 1520 g/mol. The molecule has 0 spiro atoms. The van der Waals surface area contributed by atoms with Crippen LogP contribution >= 0.6 is 0 Å². The lowest BCUT2D eigenvalue weighted by Crippen LogP contribution is -2.23. The first-order chi connectivity index (χ1) is 61.1. The molecule has 0 saturated heterocycles. The van der Waals surface area contributed by atoms with E-state index in [1.807, 2.05) is 0 Å². The molecule has 0 radical (unpaired) electrons. The summed E-state index contributed by atoms with van der Waals surface area (Å²) in [5, 5.41) is 14.8. The van der Waals surface area contributed by atoms with E-state index in [4.69, 9.17) is 0 Å². The second-order valence-corrected chi connectivity index (χ2v) is 37.7. The standard InChI is InChI=1S/C122H108N4/c1-77(2)97-60-52-93(83-34-17-15-18-35-83)73-113(97)123(105-40-25-21-30-79(105)5)109-68-56-87-49-63-100-110(69-57-88-48-62-99(109)117(87)118(88)100)124(106-41-26-22-31-80(106)6)114-74-94(53-61-98(114)78(3)4)86-46-44-85(45-47-86)91-38-29-39-92(72-91)96-55-67-104(122(12,13)14)116(76-96)126(108-43-28-24-33-82(108)8)112-71-59-90-50-64-101-111(70-58-89-51-65-102(112)120(90)119(89)101)125(107-42-27-23-32-81(107)7)115-75-95(84-36-19-16-20-37-84)54-66-103(115)121(9,10)11/h15-22,24-31,33-78H,23,32H2,1-14H3. The predicted octanol–water partition coefficient (Wildman–Crippen LogP) is 35.8. The zero-order valence-electron chi connectivity index (χ0n) is 75.0. The van der Waals surface area contributed by atoms with Gasteiger partial charge in [0.1, 0.15) is 0 Å². The van der Waals surface area contributed by atoms with E-state index in [2.05, 4.69) is 481 Å². The number of aryl methyl sites for hydroxylation is 3. The molecule has 0 heterocycles. The molecule has 0 aromatic heterocycles. The van der Waals surface area contributed by atoms with Gasteiger partial charge in [-0.15, -0.1) is 0 Å². The lowest BCUT2D eigenvalue weighted by atomic mass is 9.83. The van der Waals surface area contributed by atoms with Crippen molar-refractivity contribution in [3.8, 4) is 55.6 Å². The lowest BCUT2D eigenvalue weighted by Gasteiger charge is -2.36. The Morgan fingerprint density at radius 3 is 0.889 bits per heavy atom. The number of benzene rings is 19. The number of allylic oxidation sites excluding steroid dienone is 3. The zero-order chi connectivity index (χ0) is 86.6. The lowest BCUT2D eigenvalue weighted by molar-refractivity contribution is 0.590. The van der Waals surface area contributed by atoms with E-state index in [1.54, 1.807) is 0 Å². The predicted molar refractivity (Wildman–Crippen MR) is 545 cm³/mol. The molecule has 19 aromatic rings. The molecule has 0 N–H and O–H groups in total. The summed E-state index contributed by atoms with van der Waals surface area (Å²) in [7, 11) is 0. The first-order valence-electron chi connectivity index (χ1n) is 45.1. The van der Waals surface area contributed by atoms with Gasteiger partial charge in [-0.25, -0.2) is 0 Å². The van der Waals surface area contributed by atoms with Gasteiger partial charge in [0, 0.05) is 44.3 Å². The molecule has 0 saturated carbocycles. The van der Waals surface area contributed by atoms with Crippen LogP contribution < -0.4 is 19.6 Å². The van der Waals surface area contributed by atoms with E-state index in [0.717, 1.165) is 80.3 Å². The molecule has 0 unspecified atom stereocenters. The van der Waals surface area contributed by atoms with E-state index in [1.165, 1.54) is 166 Å². The quantitative estimate of drug-likeness (QED) is 0.0748. The maximum Gasteiger partial charge on any atom is 0.0540 e. The van der Waals surface area contributed by atoms with E-state index in [9.17, 15) is 0 Å². The molecule has 4 nitrogen and oxygen atoms in total. The molecular formula is C122H108N4. The van der Waals surface area contributed by atoms with Crippen molar-refractivity contribution in [2.24, 2.45) is 0 Å². The average molecular weight is 1630 g/mol. The van der Waals surface area contributed by atoms with Crippen LogP contribution in [0.2, 0.25) is 0 Å². The fourth-order valence-corrected chi connectivity index (χ4v) is 20.2. The van der Waals surface area contributed by atoms with Gasteiger partial charge in [-0.1, -0.05) is 354 Å². The molecule has 0 bridgehead atoms. The second kappa shape index (κ2) is 32.2. The average Bonchev–Trinajstić information content (AvgIpc) is 0.721. The number of para-hydroxylation sites is 3. The van der Waals surface area contributed by atoms with Crippen LogP contribution in [0.15, 0.2) is 375 Å². The fraction of sp³-hybridized carbons (Fsp3) is 0.164. The molecule has 126 heavy (non-hydrogen) atoms. The second-order valence-electron chi connectivity index (χ2n) is 37.7. The van der Waals surface area contributed by atoms with Crippen molar-refractivity contribution in [1.29, 1.82) is 0 Å². The van der Waals surface area contributed by atoms with Gasteiger partial charge in [0.15, 0.2) is 0 Å². The Morgan fingerprint density at radius 1 is 0.238 bits per heavy atom. The molecule has 20 rings (SSSR count). The summed E-state index contributed by atoms with van der Waals surface area (Å²) in [6.45, 7) is 32.6. The van der Waals surface area contributed by atoms with Crippen molar-refractivity contribution in [3.63, 3.8) is 0 Å². The van der Waals surface area contributed by atoms with Gasteiger partial charge in [-0.2, -0.15) is 0 Å². The minimum absolute atomic E-state index is 0.148. The van der Waals surface area contributed by atoms with Gasteiger partial charge in [0.05, 0.1) is 45.5 Å². The number of hydrogen-bond acceptors (Lipinski definition) is 4. The minimum atomic E-state index is -0.226. The molecule has 1 aliphatic carbocycles. The summed E-state index contributed by atoms with van der Waals surface area (Å²) >= 11 is 0. The third-order valence-electron chi connectivity index (χ3n) is 26.8. The first-order valence-corrected chi connectivity index (χ1v) is 45.1. The van der Waals surface area contributed by atoms with Crippen LogP contribution in [0.4, 0.5) is 62.6 Å². The van der Waals surface area contributed by atoms with Crippen LogP contribution in [0.1, 0.15) is 140 Å². The van der Waals surface area contributed by atoms with E-state index in [0.29, 0.717) is 0 Å². The highest BCUT2D eigenvalue weighted by Crippen LogP contribution is 2.55. The normalized spacial score (nSPS) is 12.7. The molecule has 4 heteroatoms. The SMILES string of the molecule is CC1=C(N(c2cc(-c3ccccc3)ccc2C(C)(C)C)c2ccc3ccc4c(N(c5ccccc5C)c5cc(-c6cccc(-c7ccc(-c8ccc(C(C)C)c(N(c9ccccc9C)c9ccc%10ccc%11c(N(c%12ccccc%12C)c%12cc(-c%13ccccc%13)ccc%12C(C)C)ccc%12ccc9c%10c%12%11)c8)cc7)c6)ccc5C(C)(C)C)ccc5ccc2c3c54)C=CCC1. The number of hydrogen-bond donors (Lipinski definition) is 0. The van der Waals surface area contributed by atoms with Crippen LogP contribution in [-0.2, 0) is 10.8 Å². The molecule has 1 aliphatic rings. The van der Waals surface area contributed by atoms with Crippen LogP contribution in [0.25, 0.3) is 120 Å². The third kappa shape index (κ3) is 14.3. The van der Waals surface area contributed by atoms with E-state index in [-0.39, 0.29) is 22.7 Å². The molecule has 0 amide bonds. The summed E-state index contributed by atoms with van der Waals surface area (Å²) in [6, 6.07) is 134. The topological polar surface area (TPSA) is 13.0 Å². The molecule has 616 valence electrons. The Balaban J connectivity index is 0.678. The molecule has 19 aromatic carbocycles. The minimum Gasteiger partial charge on any atom is -0.310 e. The van der Waals surface area contributed by atoms with Crippen molar-refractivity contribution >= 4 is 127 Å². The van der Waals surface area contributed by atoms with Gasteiger partial charge in [-0.3, -0.25) is 0 Å².